The number of nitrogens with one attached hydrogen (secondary N) is 1. The van der Waals surface area contributed by atoms with Gasteiger partial charge in [0.25, 0.3) is 0 Å². The number of hydrogen-bond acceptors (Lipinski definition) is 3. The summed E-state index contributed by atoms with van der Waals surface area (Å²) in [7, 11) is 1.93. The van der Waals surface area contributed by atoms with Crippen LogP contribution in [0.3, 0.4) is 0 Å². The maximum Gasteiger partial charge on any atom is 0.110 e. The van der Waals surface area contributed by atoms with Gasteiger partial charge in [-0.1, -0.05) is 54.6 Å². The molecule has 0 aliphatic heterocycles. The standard InChI is InChI=1S/C19H21NO2/c1-20-12-6-11-13-14-7-2-4-9-16(14)18(21)19(22)17-10-5-3-8-15(13)17/h2-5,7-11,18-22H,6,12H2,1H3. The minimum Gasteiger partial charge on any atom is -0.385 e. The molecule has 2 unspecified atom stereocenters. The SMILES string of the molecule is CNCCC=C1c2ccccc2C(O)C(O)c2ccccc21. The molecule has 3 rings (SSSR count). The molecule has 0 saturated heterocycles. The second-order valence-electron chi connectivity index (χ2n) is 5.57. The zero-order valence-corrected chi connectivity index (χ0v) is 12.7. The van der Waals surface area contributed by atoms with Crippen molar-refractivity contribution in [3.8, 4) is 0 Å². The summed E-state index contributed by atoms with van der Waals surface area (Å²) >= 11 is 0. The molecule has 2 aromatic rings. The Morgan fingerprint density at radius 1 is 0.909 bits per heavy atom. The molecule has 1 aliphatic carbocycles. The van der Waals surface area contributed by atoms with Gasteiger partial charge in [-0.3, -0.25) is 0 Å². The molecule has 0 amide bonds. The van der Waals surface area contributed by atoms with E-state index >= 15 is 0 Å². The minimum atomic E-state index is -0.910. The van der Waals surface area contributed by atoms with Crippen molar-refractivity contribution in [3.05, 3.63) is 76.9 Å². The van der Waals surface area contributed by atoms with Crippen molar-refractivity contribution in [1.29, 1.82) is 0 Å². The largest absolute Gasteiger partial charge is 0.385 e. The van der Waals surface area contributed by atoms with E-state index in [2.05, 4.69) is 11.4 Å². The van der Waals surface area contributed by atoms with Crippen LogP contribution in [0.25, 0.3) is 5.57 Å². The molecule has 3 nitrogen and oxygen atoms in total. The van der Waals surface area contributed by atoms with Crippen LogP contribution in [0.1, 0.15) is 40.9 Å². The predicted molar refractivity (Wildman–Crippen MR) is 88.4 cm³/mol. The van der Waals surface area contributed by atoms with E-state index in [0.717, 1.165) is 40.8 Å². The van der Waals surface area contributed by atoms with Gasteiger partial charge in [0.1, 0.15) is 12.2 Å². The van der Waals surface area contributed by atoms with Crippen LogP contribution in [0, 0.1) is 0 Å². The normalized spacial score (nSPS) is 20.0. The summed E-state index contributed by atoms with van der Waals surface area (Å²) in [6, 6.07) is 15.5. The monoisotopic (exact) mass is 295 g/mol. The lowest BCUT2D eigenvalue weighted by molar-refractivity contribution is 0.0176. The maximum atomic E-state index is 10.6. The fraction of sp³-hybridized carbons (Fsp3) is 0.263. The Hall–Kier alpha value is -1.94. The molecule has 2 atom stereocenters. The second kappa shape index (κ2) is 6.44. The Morgan fingerprint density at radius 3 is 1.91 bits per heavy atom. The third kappa shape index (κ3) is 2.59. The van der Waals surface area contributed by atoms with E-state index in [0.29, 0.717) is 0 Å². The summed E-state index contributed by atoms with van der Waals surface area (Å²) in [5, 5.41) is 24.3. The molecule has 3 N–H and O–H groups in total. The van der Waals surface area contributed by atoms with Crippen LogP contribution >= 0.6 is 0 Å². The molecule has 0 saturated carbocycles. The minimum absolute atomic E-state index is 0.780. The fourth-order valence-corrected chi connectivity index (χ4v) is 3.07. The number of rotatable bonds is 3. The van der Waals surface area contributed by atoms with Gasteiger partial charge in [0.05, 0.1) is 0 Å². The Balaban J connectivity index is 2.21. The summed E-state index contributed by atoms with van der Waals surface area (Å²) in [5.74, 6) is 0. The van der Waals surface area contributed by atoms with E-state index in [9.17, 15) is 10.2 Å². The number of aliphatic hydroxyl groups excluding tert-OH is 2. The summed E-state index contributed by atoms with van der Waals surface area (Å²) in [6.45, 7) is 0.888. The van der Waals surface area contributed by atoms with Gasteiger partial charge >= 0.3 is 0 Å². The third-order valence-corrected chi connectivity index (χ3v) is 4.18. The Bertz CT molecular complexity index is 640. The van der Waals surface area contributed by atoms with Gasteiger partial charge in [0, 0.05) is 0 Å². The molecule has 0 bridgehead atoms. The smallest absolute Gasteiger partial charge is 0.110 e. The Kier molecular flexibility index (Phi) is 4.39. The third-order valence-electron chi connectivity index (χ3n) is 4.18. The molecule has 0 spiro atoms. The topological polar surface area (TPSA) is 52.5 Å². The summed E-state index contributed by atoms with van der Waals surface area (Å²) in [6.07, 6.45) is 1.25. The lowest BCUT2D eigenvalue weighted by Gasteiger charge is -2.17. The van der Waals surface area contributed by atoms with E-state index in [1.165, 1.54) is 0 Å². The number of hydrogen-bond donors (Lipinski definition) is 3. The Labute approximate surface area is 130 Å². The first-order valence-electron chi connectivity index (χ1n) is 7.63. The second-order valence-corrected chi connectivity index (χ2v) is 5.57. The van der Waals surface area contributed by atoms with Crippen LogP contribution < -0.4 is 5.32 Å². The molecule has 3 heteroatoms. The van der Waals surface area contributed by atoms with Crippen molar-refractivity contribution in [2.24, 2.45) is 0 Å². The van der Waals surface area contributed by atoms with Gasteiger partial charge in [0.2, 0.25) is 0 Å². The van der Waals surface area contributed by atoms with Crippen LogP contribution in [0.4, 0.5) is 0 Å². The average molecular weight is 295 g/mol. The van der Waals surface area contributed by atoms with Crippen LogP contribution in [0.2, 0.25) is 0 Å². The number of aliphatic hydroxyl groups is 2. The maximum absolute atomic E-state index is 10.6. The van der Waals surface area contributed by atoms with Gasteiger partial charge in [-0.15, -0.1) is 0 Å². The molecule has 0 fully saturated rings. The highest BCUT2D eigenvalue weighted by molar-refractivity contribution is 5.84. The van der Waals surface area contributed by atoms with E-state index < -0.39 is 12.2 Å². The fourth-order valence-electron chi connectivity index (χ4n) is 3.07. The number of benzene rings is 2. The van der Waals surface area contributed by atoms with Crippen molar-refractivity contribution in [3.63, 3.8) is 0 Å². The Morgan fingerprint density at radius 2 is 1.41 bits per heavy atom. The molecular formula is C19H21NO2. The van der Waals surface area contributed by atoms with Gasteiger partial charge in [-0.2, -0.15) is 0 Å². The van der Waals surface area contributed by atoms with E-state index in [1.54, 1.807) is 0 Å². The van der Waals surface area contributed by atoms with E-state index in [4.69, 9.17) is 0 Å². The zero-order chi connectivity index (χ0) is 15.5. The summed E-state index contributed by atoms with van der Waals surface area (Å²) in [5.41, 5.74) is 4.63. The van der Waals surface area contributed by atoms with Crippen molar-refractivity contribution in [1.82, 2.24) is 5.32 Å². The zero-order valence-electron chi connectivity index (χ0n) is 12.7. The highest BCUT2D eigenvalue weighted by atomic mass is 16.3. The van der Waals surface area contributed by atoms with Gasteiger partial charge < -0.3 is 15.5 Å². The van der Waals surface area contributed by atoms with Gasteiger partial charge in [-0.05, 0) is 47.8 Å². The summed E-state index contributed by atoms with van der Waals surface area (Å²) in [4.78, 5) is 0. The molecular weight excluding hydrogens is 274 g/mol. The van der Waals surface area contributed by atoms with Crippen molar-refractivity contribution in [2.75, 3.05) is 13.6 Å². The molecule has 0 radical (unpaired) electrons. The van der Waals surface area contributed by atoms with Crippen LogP contribution in [-0.2, 0) is 0 Å². The lowest BCUT2D eigenvalue weighted by Crippen LogP contribution is -2.10. The van der Waals surface area contributed by atoms with Crippen LogP contribution in [0.5, 0.6) is 0 Å². The van der Waals surface area contributed by atoms with Crippen LogP contribution in [-0.4, -0.2) is 23.8 Å². The van der Waals surface area contributed by atoms with E-state index in [1.807, 2.05) is 55.6 Å². The van der Waals surface area contributed by atoms with E-state index in [-0.39, 0.29) is 0 Å². The molecule has 114 valence electrons. The first kappa shape index (κ1) is 15.0. The summed E-state index contributed by atoms with van der Waals surface area (Å²) < 4.78 is 0. The van der Waals surface area contributed by atoms with Crippen LogP contribution in [0.15, 0.2) is 54.6 Å². The van der Waals surface area contributed by atoms with Crippen molar-refractivity contribution >= 4 is 5.57 Å². The molecule has 2 aromatic carbocycles. The quantitative estimate of drug-likeness (QED) is 0.763. The molecule has 1 aliphatic rings. The highest BCUT2D eigenvalue weighted by Crippen LogP contribution is 2.42. The van der Waals surface area contributed by atoms with Crippen molar-refractivity contribution < 1.29 is 10.2 Å². The predicted octanol–water partition coefficient (Wildman–Crippen LogP) is 2.81. The van der Waals surface area contributed by atoms with Crippen molar-refractivity contribution in [2.45, 2.75) is 18.6 Å². The lowest BCUT2D eigenvalue weighted by atomic mass is 9.93. The van der Waals surface area contributed by atoms with Gasteiger partial charge in [-0.25, -0.2) is 0 Å². The van der Waals surface area contributed by atoms with Gasteiger partial charge in [0.15, 0.2) is 0 Å². The first-order chi connectivity index (χ1) is 10.7. The first-order valence-corrected chi connectivity index (χ1v) is 7.63. The number of fused-ring (bicyclic) bond motifs is 2. The average Bonchev–Trinajstić information content (AvgIpc) is 2.65. The molecule has 22 heavy (non-hydrogen) atoms. The molecule has 0 heterocycles. The highest BCUT2D eigenvalue weighted by Gasteiger charge is 2.30. The molecule has 0 aromatic heterocycles.